The third kappa shape index (κ3) is 4.63. The number of carbonyl (C=O) groups excluding carboxylic acids is 2. The molecule has 10 heteroatoms. The molecule has 2 N–H and O–H groups in total. The zero-order valence-electron chi connectivity index (χ0n) is 14.5. The van der Waals surface area contributed by atoms with Gasteiger partial charge in [-0.3, -0.25) is 14.7 Å². The summed E-state index contributed by atoms with van der Waals surface area (Å²) in [6.07, 6.45) is -3.87. The molecule has 2 aromatic heterocycles. The van der Waals surface area contributed by atoms with Crippen molar-refractivity contribution in [2.75, 3.05) is 18.9 Å². The summed E-state index contributed by atoms with van der Waals surface area (Å²) in [6.45, 7) is 3.70. The minimum atomic E-state index is -4.87. The number of hydrogen-bond donors (Lipinski definition) is 2. The number of likely N-dealkylation sites (N-methyl/N-ethyl adjacent to an activating group) is 1. The second-order valence-electron chi connectivity index (χ2n) is 5.72. The number of anilines is 1. The van der Waals surface area contributed by atoms with Crippen LogP contribution in [0.1, 0.15) is 33.5 Å². The highest BCUT2D eigenvalue weighted by molar-refractivity contribution is 7.16. The molecule has 2 rings (SSSR count). The quantitative estimate of drug-likeness (QED) is 0.798. The number of halogens is 3. The Bertz CT molecular complexity index is 798. The number of nitrogens with one attached hydrogen (secondary N) is 2. The molecule has 0 radical (unpaired) electrons. The number of carbonyl (C=O) groups is 2. The molecule has 26 heavy (non-hydrogen) atoms. The minimum Gasteiger partial charge on any atom is -0.338 e. The fraction of sp³-hybridized carbons (Fsp3) is 0.438. The van der Waals surface area contributed by atoms with Crippen molar-refractivity contribution in [2.24, 2.45) is 0 Å². The van der Waals surface area contributed by atoms with Gasteiger partial charge in [0.25, 0.3) is 5.91 Å². The topological polar surface area (TPSA) is 78.1 Å². The fourth-order valence-electron chi connectivity index (χ4n) is 2.35. The average Bonchev–Trinajstić information content (AvgIpc) is 3.17. The molecule has 0 aromatic carbocycles. The summed E-state index contributed by atoms with van der Waals surface area (Å²) in [7, 11) is 1.11. The lowest BCUT2D eigenvalue weighted by Crippen LogP contribution is -2.39. The van der Waals surface area contributed by atoms with Crippen LogP contribution in [0.4, 0.5) is 18.2 Å². The lowest BCUT2D eigenvalue weighted by Gasteiger charge is -2.17. The van der Waals surface area contributed by atoms with Crippen LogP contribution in [0.3, 0.4) is 0 Å². The molecular formula is C16H19F3N4O2S. The lowest BCUT2D eigenvalue weighted by molar-refractivity contribution is -0.184. The molecule has 2 heterocycles. The van der Waals surface area contributed by atoms with Gasteiger partial charge in [-0.25, -0.2) is 0 Å². The summed E-state index contributed by atoms with van der Waals surface area (Å²) in [4.78, 5) is 24.8. The van der Waals surface area contributed by atoms with Gasteiger partial charge < -0.3 is 10.2 Å². The first kappa shape index (κ1) is 20.0. The van der Waals surface area contributed by atoms with Crippen LogP contribution in [0.5, 0.6) is 0 Å². The monoisotopic (exact) mass is 388 g/mol. The van der Waals surface area contributed by atoms with Gasteiger partial charge in [0.15, 0.2) is 5.69 Å². The predicted molar refractivity (Wildman–Crippen MR) is 92.4 cm³/mol. The highest BCUT2D eigenvalue weighted by Crippen LogP contribution is 2.24. The van der Waals surface area contributed by atoms with Gasteiger partial charge in [-0.2, -0.15) is 18.3 Å². The van der Waals surface area contributed by atoms with Gasteiger partial charge in [0.05, 0.1) is 5.00 Å². The zero-order chi connectivity index (χ0) is 19.5. The molecule has 2 amide bonds. The summed E-state index contributed by atoms with van der Waals surface area (Å²) >= 11 is 1.25. The molecular weight excluding hydrogens is 369 g/mol. The van der Waals surface area contributed by atoms with Crippen molar-refractivity contribution in [3.05, 3.63) is 34.0 Å². The molecule has 0 saturated heterocycles. The van der Waals surface area contributed by atoms with Crippen LogP contribution >= 0.6 is 11.3 Å². The molecule has 0 atom stereocenters. The number of hydrogen-bond acceptors (Lipinski definition) is 4. The van der Waals surface area contributed by atoms with E-state index in [9.17, 15) is 22.8 Å². The van der Waals surface area contributed by atoms with E-state index >= 15 is 0 Å². The second-order valence-corrected chi connectivity index (χ2v) is 6.89. The number of aromatic nitrogens is 2. The Morgan fingerprint density at radius 3 is 2.62 bits per heavy atom. The van der Waals surface area contributed by atoms with Gasteiger partial charge in [-0.1, -0.05) is 6.92 Å². The van der Waals surface area contributed by atoms with Crippen LogP contribution in [0, 0.1) is 6.92 Å². The molecule has 0 unspecified atom stereocenters. The molecule has 0 saturated carbocycles. The van der Waals surface area contributed by atoms with E-state index in [2.05, 4.69) is 15.5 Å². The van der Waals surface area contributed by atoms with E-state index in [-0.39, 0.29) is 18.9 Å². The van der Waals surface area contributed by atoms with Gasteiger partial charge >= 0.3 is 12.1 Å². The van der Waals surface area contributed by atoms with Crippen molar-refractivity contribution >= 4 is 28.2 Å². The number of rotatable bonds is 6. The first-order valence-electron chi connectivity index (χ1n) is 7.89. The Kier molecular flexibility index (Phi) is 6.06. The van der Waals surface area contributed by atoms with Crippen molar-refractivity contribution in [3.8, 4) is 0 Å². The van der Waals surface area contributed by atoms with E-state index in [4.69, 9.17) is 0 Å². The molecule has 2 aromatic rings. The molecule has 6 nitrogen and oxygen atoms in total. The van der Waals surface area contributed by atoms with Crippen LogP contribution in [0.15, 0.2) is 12.1 Å². The van der Waals surface area contributed by atoms with E-state index in [1.807, 2.05) is 13.8 Å². The molecule has 0 spiro atoms. The van der Waals surface area contributed by atoms with Gasteiger partial charge in [0.1, 0.15) is 0 Å². The van der Waals surface area contributed by atoms with Crippen molar-refractivity contribution in [2.45, 2.75) is 32.9 Å². The van der Waals surface area contributed by atoms with Crippen molar-refractivity contribution < 1.29 is 22.8 Å². The third-order valence-electron chi connectivity index (χ3n) is 3.86. The Labute approximate surface area is 152 Å². The van der Waals surface area contributed by atoms with E-state index in [0.717, 1.165) is 29.6 Å². The Morgan fingerprint density at radius 2 is 2.04 bits per heavy atom. The molecule has 0 aliphatic carbocycles. The van der Waals surface area contributed by atoms with E-state index in [1.54, 1.807) is 12.1 Å². The molecule has 142 valence electrons. The van der Waals surface area contributed by atoms with Gasteiger partial charge in [0, 0.05) is 29.7 Å². The number of H-pyrrole nitrogens is 1. The number of thiophene rings is 1. The molecule has 0 aliphatic heterocycles. The second kappa shape index (κ2) is 7.90. The van der Waals surface area contributed by atoms with Crippen molar-refractivity contribution in [3.63, 3.8) is 0 Å². The van der Waals surface area contributed by atoms with Crippen molar-refractivity contribution in [1.82, 2.24) is 15.1 Å². The summed E-state index contributed by atoms with van der Waals surface area (Å²) < 4.78 is 37.0. The minimum absolute atomic E-state index is 0.0649. The smallest absolute Gasteiger partial charge is 0.338 e. The summed E-state index contributed by atoms with van der Waals surface area (Å²) in [5.41, 5.74) is 1.99. The number of aryl methyl sites for hydroxylation is 1. The fourth-order valence-corrected chi connectivity index (χ4v) is 3.24. The van der Waals surface area contributed by atoms with E-state index in [0.29, 0.717) is 15.6 Å². The van der Waals surface area contributed by atoms with Gasteiger partial charge in [0.2, 0.25) is 0 Å². The van der Waals surface area contributed by atoms with Gasteiger partial charge in [-0.05, 0) is 31.9 Å². The number of amides is 2. The van der Waals surface area contributed by atoms with Crippen molar-refractivity contribution in [1.29, 1.82) is 0 Å². The van der Waals surface area contributed by atoms with E-state index in [1.165, 1.54) is 11.3 Å². The number of nitrogens with zero attached hydrogens (tertiary/aromatic N) is 2. The van der Waals surface area contributed by atoms with Crippen LogP contribution in [-0.2, 0) is 17.6 Å². The SMILES string of the molecule is CCc1[nH]nc(C(=O)Nc2ccc(CCN(C)C(=O)C(F)(F)F)s2)c1C. The Balaban J connectivity index is 1.94. The predicted octanol–water partition coefficient (Wildman–Crippen LogP) is 3.16. The zero-order valence-corrected chi connectivity index (χ0v) is 15.3. The van der Waals surface area contributed by atoms with E-state index < -0.39 is 12.1 Å². The highest BCUT2D eigenvalue weighted by atomic mass is 32.1. The Morgan fingerprint density at radius 1 is 1.35 bits per heavy atom. The lowest BCUT2D eigenvalue weighted by atomic mass is 10.1. The molecule has 0 bridgehead atoms. The number of aromatic amines is 1. The largest absolute Gasteiger partial charge is 0.471 e. The summed E-state index contributed by atoms with van der Waals surface area (Å²) in [5, 5.41) is 10.1. The van der Waals surface area contributed by atoms with Crippen LogP contribution in [-0.4, -0.2) is 46.7 Å². The van der Waals surface area contributed by atoms with Crippen LogP contribution in [0.25, 0.3) is 0 Å². The maximum Gasteiger partial charge on any atom is 0.471 e. The van der Waals surface area contributed by atoms with Crippen LogP contribution in [0.2, 0.25) is 0 Å². The third-order valence-corrected chi connectivity index (χ3v) is 4.92. The Hall–Kier alpha value is -2.36. The first-order chi connectivity index (χ1) is 12.1. The molecule has 0 aliphatic rings. The highest BCUT2D eigenvalue weighted by Gasteiger charge is 2.40. The number of alkyl halides is 3. The van der Waals surface area contributed by atoms with Gasteiger partial charge in [-0.15, -0.1) is 11.3 Å². The summed E-state index contributed by atoms with van der Waals surface area (Å²) in [6, 6.07) is 3.38. The normalized spacial score (nSPS) is 11.5. The molecule has 0 fully saturated rings. The standard InChI is InChI=1S/C16H19F3N4O2S/c1-4-11-9(2)13(22-21-11)14(24)20-12-6-5-10(26-12)7-8-23(3)15(25)16(17,18)19/h5-6H,4,7-8H2,1-3H3,(H,20,24)(H,21,22). The maximum atomic E-state index is 12.3. The average molecular weight is 388 g/mol. The first-order valence-corrected chi connectivity index (χ1v) is 8.71. The van der Waals surface area contributed by atoms with Crippen LogP contribution < -0.4 is 5.32 Å². The maximum absolute atomic E-state index is 12.3. The summed E-state index contributed by atoms with van der Waals surface area (Å²) in [5.74, 6) is -2.22.